The molecule has 1 aliphatic carbocycles. The maximum Gasteiger partial charge on any atom is 0.326 e. The normalized spacial score (nSPS) is 23.0. The predicted octanol–water partition coefficient (Wildman–Crippen LogP) is 0.792. The van der Waals surface area contributed by atoms with Gasteiger partial charge in [0, 0.05) is 12.5 Å². The second kappa shape index (κ2) is 6.96. The van der Waals surface area contributed by atoms with E-state index in [1.807, 2.05) is 0 Å². The number of carboxylic acids is 2. The summed E-state index contributed by atoms with van der Waals surface area (Å²) < 4.78 is 0. The maximum atomic E-state index is 11.6. The quantitative estimate of drug-likeness (QED) is 0.547. The molecule has 0 unspecified atom stereocenters. The number of rotatable bonds is 7. The first-order valence-corrected chi connectivity index (χ1v) is 6.40. The standard InChI is InChI=1S/C12H20N2O5/c1-7-5-8(6-7)13-12(19)14-9(11(17)18)3-2-4-10(15)16/h7-9H,2-6H2,1H3,(H,15,16)(H,17,18)(H2,13,14,19)/t7?,8?,9-/m1/s1. The van der Waals surface area contributed by atoms with Gasteiger partial charge in [0.25, 0.3) is 0 Å². The van der Waals surface area contributed by atoms with E-state index in [1.54, 1.807) is 0 Å². The lowest BCUT2D eigenvalue weighted by Gasteiger charge is -2.33. The van der Waals surface area contributed by atoms with Gasteiger partial charge in [0.2, 0.25) is 0 Å². The van der Waals surface area contributed by atoms with Crippen LogP contribution in [0.25, 0.3) is 0 Å². The zero-order chi connectivity index (χ0) is 14.4. The molecule has 0 aromatic rings. The summed E-state index contributed by atoms with van der Waals surface area (Å²) >= 11 is 0. The van der Waals surface area contributed by atoms with Crippen molar-refractivity contribution in [2.75, 3.05) is 0 Å². The Labute approximate surface area is 111 Å². The summed E-state index contributed by atoms with van der Waals surface area (Å²) in [6.45, 7) is 2.09. The van der Waals surface area contributed by atoms with Gasteiger partial charge in [-0.25, -0.2) is 9.59 Å². The van der Waals surface area contributed by atoms with Crippen LogP contribution in [0.3, 0.4) is 0 Å². The number of aliphatic carboxylic acids is 2. The highest BCUT2D eigenvalue weighted by molar-refractivity contribution is 5.82. The van der Waals surface area contributed by atoms with Gasteiger partial charge in [0.1, 0.15) is 6.04 Å². The van der Waals surface area contributed by atoms with Gasteiger partial charge in [0.05, 0.1) is 0 Å². The van der Waals surface area contributed by atoms with Crippen molar-refractivity contribution >= 4 is 18.0 Å². The van der Waals surface area contributed by atoms with Gasteiger partial charge in [-0.3, -0.25) is 4.79 Å². The molecule has 0 saturated heterocycles. The van der Waals surface area contributed by atoms with Crippen LogP contribution in [-0.2, 0) is 9.59 Å². The van der Waals surface area contributed by atoms with Crippen molar-refractivity contribution in [3.05, 3.63) is 0 Å². The minimum absolute atomic E-state index is 0.104. The van der Waals surface area contributed by atoms with Gasteiger partial charge >= 0.3 is 18.0 Å². The number of urea groups is 1. The molecule has 0 aliphatic heterocycles. The third kappa shape index (κ3) is 5.58. The number of carbonyl (C=O) groups excluding carboxylic acids is 1. The van der Waals surface area contributed by atoms with Crippen molar-refractivity contribution in [1.82, 2.24) is 10.6 Å². The summed E-state index contributed by atoms with van der Waals surface area (Å²) in [4.78, 5) is 32.9. The van der Waals surface area contributed by atoms with Crippen LogP contribution in [-0.4, -0.2) is 40.3 Å². The Balaban J connectivity index is 2.29. The smallest absolute Gasteiger partial charge is 0.326 e. The zero-order valence-corrected chi connectivity index (χ0v) is 10.9. The van der Waals surface area contributed by atoms with Crippen LogP contribution < -0.4 is 10.6 Å². The zero-order valence-electron chi connectivity index (χ0n) is 10.9. The predicted molar refractivity (Wildman–Crippen MR) is 66.8 cm³/mol. The van der Waals surface area contributed by atoms with Crippen LogP contribution >= 0.6 is 0 Å². The summed E-state index contributed by atoms with van der Waals surface area (Å²) in [5.74, 6) is -1.53. The van der Waals surface area contributed by atoms with Crippen LogP contribution in [0.1, 0.15) is 39.0 Å². The van der Waals surface area contributed by atoms with Crippen LogP contribution in [0.2, 0.25) is 0 Å². The highest BCUT2D eigenvalue weighted by Crippen LogP contribution is 2.25. The topological polar surface area (TPSA) is 116 Å². The highest BCUT2D eigenvalue weighted by Gasteiger charge is 2.28. The van der Waals surface area contributed by atoms with Crippen LogP contribution in [0, 0.1) is 5.92 Å². The Morgan fingerprint density at radius 1 is 1.26 bits per heavy atom. The molecular formula is C12H20N2O5. The molecule has 0 aromatic carbocycles. The fourth-order valence-corrected chi connectivity index (χ4v) is 2.12. The third-order valence-electron chi connectivity index (χ3n) is 3.20. The first-order valence-electron chi connectivity index (χ1n) is 6.40. The fraction of sp³-hybridized carbons (Fsp3) is 0.750. The molecule has 2 amide bonds. The number of hydrogen-bond acceptors (Lipinski definition) is 3. The monoisotopic (exact) mass is 272 g/mol. The minimum atomic E-state index is -1.15. The van der Waals surface area contributed by atoms with E-state index in [4.69, 9.17) is 10.2 Å². The summed E-state index contributed by atoms with van der Waals surface area (Å²) in [7, 11) is 0. The Morgan fingerprint density at radius 2 is 1.89 bits per heavy atom. The molecule has 1 atom stereocenters. The van der Waals surface area contributed by atoms with Gasteiger partial charge in [-0.1, -0.05) is 6.92 Å². The van der Waals surface area contributed by atoms with Crippen molar-refractivity contribution in [3.63, 3.8) is 0 Å². The van der Waals surface area contributed by atoms with Gasteiger partial charge < -0.3 is 20.8 Å². The maximum absolute atomic E-state index is 11.6. The van der Waals surface area contributed by atoms with E-state index in [1.165, 1.54) is 0 Å². The van der Waals surface area contributed by atoms with Crippen molar-refractivity contribution in [2.45, 2.75) is 51.1 Å². The number of carbonyl (C=O) groups is 3. The molecule has 7 nitrogen and oxygen atoms in total. The average Bonchev–Trinajstić information content (AvgIpc) is 2.25. The second-order valence-corrected chi connectivity index (χ2v) is 5.07. The number of hydrogen-bond donors (Lipinski definition) is 4. The van der Waals surface area contributed by atoms with Gasteiger partial charge in [-0.2, -0.15) is 0 Å². The fourth-order valence-electron chi connectivity index (χ4n) is 2.12. The Kier molecular flexibility index (Phi) is 5.59. The SMILES string of the molecule is CC1CC(NC(=O)N[C@H](CCCC(=O)O)C(=O)O)C1. The summed E-state index contributed by atoms with van der Waals surface area (Å²) in [6.07, 6.45) is 2.03. The molecule has 108 valence electrons. The first kappa shape index (κ1) is 15.3. The van der Waals surface area contributed by atoms with Crippen LogP contribution in [0.5, 0.6) is 0 Å². The molecule has 1 rings (SSSR count). The lowest BCUT2D eigenvalue weighted by Crippen LogP contribution is -2.52. The molecule has 1 saturated carbocycles. The van der Waals surface area contributed by atoms with Crippen molar-refractivity contribution < 1.29 is 24.6 Å². The van der Waals surface area contributed by atoms with Crippen molar-refractivity contribution in [2.24, 2.45) is 5.92 Å². The van der Waals surface area contributed by atoms with Crippen molar-refractivity contribution in [3.8, 4) is 0 Å². The number of amides is 2. The first-order chi connectivity index (χ1) is 8.88. The van der Waals surface area contributed by atoms with Crippen LogP contribution in [0.15, 0.2) is 0 Å². The molecule has 19 heavy (non-hydrogen) atoms. The highest BCUT2D eigenvalue weighted by atomic mass is 16.4. The molecule has 0 aromatic heterocycles. The second-order valence-electron chi connectivity index (χ2n) is 5.07. The van der Waals surface area contributed by atoms with E-state index >= 15 is 0 Å². The molecule has 0 bridgehead atoms. The molecule has 1 aliphatic rings. The van der Waals surface area contributed by atoms with Crippen LogP contribution in [0.4, 0.5) is 4.79 Å². The Bertz CT molecular complexity index is 352. The van der Waals surface area contributed by atoms with Gasteiger partial charge in [0.15, 0.2) is 0 Å². The molecule has 0 radical (unpaired) electrons. The summed E-state index contributed by atoms with van der Waals surface area (Å²) in [6, 6.07) is -1.43. The van der Waals surface area contributed by atoms with Gasteiger partial charge in [-0.05, 0) is 31.6 Å². The van der Waals surface area contributed by atoms with Gasteiger partial charge in [-0.15, -0.1) is 0 Å². The lowest BCUT2D eigenvalue weighted by atomic mass is 9.82. The van der Waals surface area contributed by atoms with E-state index in [2.05, 4.69) is 17.6 Å². The minimum Gasteiger partial charge on any atom is -0.481 e. The molecule has 0 spiro atoms. The molecule has 7 heteroatoms. The average molecular weight is 272 g/mol. The molecule has 4 N–H and O–H groups in total. The molecule has 1 fully saturated rings. The Hall–Kier alpha value is -1.79. The lowest BCUT2D eigenvalue weighted by molar-refractivity contribution is -0.140. The number of carboxylic acid groups (broad SMARTS) is 2. The van der Waals surface area contributed by atoms with E-state index < -0.39 is 24.0 Å². The van der Waals surface area contributed by atoms with E-state index in [9.17, 15) is 14.4 Å². The largest absolute Gasteiger partial charge is 0.481 e. The third-order valence-corrected chi connectivity index (χ3v) is 3.20. The Morgan fingerprint density at radius 3 is 2.37 bits per heavy atom. The molecule has 0 heterocycles. The van der Waals surface area contributed by atoms with E-state index in [-0.39, 0.29) is 25.3 Å². The van der Waals surface area contributed by atoms with Crippen molar-refractivity contribution in [1.29, 1.82) is 0 Å². The van der Waals surface area contributed by atoms with E-state index in [0.29, 0.717) is 5.92 Å². The number of nitrogens with one attached hydrogen (secondary N) is 2. The summed E-state index contributed by atoms with van der Waals surface area (Å²) in [5, 5.41) is 22.5. The van der Waals surface area contributed by atoms with E-state index in [0.717, 1.165) is 12.8 Å². The molecular weight excluding hydrogens is 252 g/mol. The summed E-state index contributed by atoms with van der Waals surface area (Å²) in [5.41, 5.74) is 0.